The van der Waals surface area contributed by atoms with Crippen molar-refractivity contribution in [3.8, 4) is 17.1 Å². The van der Waals surface area contributed by atoms with Crippen LogP contribution < -0.4 is 0 Å². The number of hydrogen-bond donors (Lipinski definition) is 0. The van der Waals surface area contributed by atoms with Gasteiger partial charge in [-0.15, -0.1) is 6.58 Å². The third-order valence-corrected chi connectivity index (χ3v) is 3.89. The molecule has 4 nitrogen and oxygen atoms in total. The lowest BCUT2D eigenvalue weighted by molar-refractivity contribution is 0.565. The van der Waals surface area contributed by atoms with Gasteiger partial charge in [0.25, 0.3) is 0 Å². The van der Waals surface area contributed by atoms with Gasteiger partial charge < -0.3 is 4.42 Å². The Balaban J connectivity index is 1.71. The Hall–Kier alpha value is -3.14. The largest absolute Gasteiger partial charge is 0.459 e. The second kappa shape index (κ2) is 5.81. The zero-order chi connectivity index (χ0) is 16.5. The van der Waals surface area contributed by atoms with Gasteiger partial charge in [0.2, 0.25) is 0 Å². The topological polar surface area (TPSA) is 43.9 Å². The number of aromatic nitrogens is 3. The molecule has 0 radical (unpaired) electrons. The molecule has 0 saturated heterocycles. The van der Waals surface area contributed by atoms with Crippen molar-refractivity contribution in [1.82, 2.24) is 14.8 Å². The summed E-state index contributed by atoms with van der Waals surface area (Å²) >= 11 is 0. The highest BCUT2D eigenvalue weighted by Crippen LogP contribution is 2.22. The summed E-state index contributed by atoms with van der Waals surface area (Å²) in [6.45, 7) is 5.81. The van der Waals surface area contributed by atoms with Crippen LogP contribution in [-0.4, -0.2) is 14.8 Å². The van der Waals surface area contributed by atoms with Crippen molar-refractivity contribution in [1.29, 1.82) is 0 Å². The average molecular weight is 315 g/mol. The monoisotopic (exact) mass is 315 g/mol. The zero-order valence-electron chi connectivity index (χ0n) is 13.4. The SMILES string of the molecule is C=CCc1cc2nc(-n3ccc(-c4cccc(C)c4)n3)ccc2o1. The maximum Gasteiger partial charge on any atom is 0.154 e. The summed E-state index contributed by atoms with van der Waals surface area (Å²) in [7, 11) is 0. The predicted octanol–water partition coefficient (Wildman–Crippen LogP) is 4.72. The van der Waals surface area contributed by atoms with Crippen LogP contribution in [0.4, 0.5) is 0 Å². The van der Waals surface area contributed by atoms with Gasteiger partial charge in [0.05, 0.1) is 5.69 Å². The van der Waals surface area contributed by atoms with E-state index in [9.17, 15) is 0 Å². The standard InChI is InChI=1S/C20H17N3O/c1-3-5-16-13-18-19(24-16)8-9-20(21-18)23-11-10-17(22-23)15-7-4-6-14(2)12-15/h3-4,6-13H,1,5H2,2H3. The summed E-state index contributed by atoms with van der Waals surface area (Å²) in [5.74, 6) is 1.64. The number of hydrogen-bond acceptors (Lipinski definition) is 3. The van der Waals surface area contributed by atoms with Crippen LogP contribution >= 0.6 is 0 Å². The fourth-order valence-corrected chi connectivity index (χ4v) is 2.74. The quantitative estimate of drug-likeness (QED) is 0.512. The van der Waals surface area contributed by atoms with E-state index in [2.05, 4.69) is 41.8 Å². The zero-order valence-corrected chi connectivity index (χ0v) is 13.4. The maximum atomic E-state index is 5.72. The Kier molecular flexibility index (Phi) is 3.50. The van der Waals surface area contributed by atoms with Crippen molar-refractivity contribution in [3.05, 3.63) is 78.7 Å². The number of benzene rings is 1. The molecule has 118 valence electrons. The van der Waals surface area contributed by atoms with Crippen molar-refractivity contribution in [2.24, 2.45) is 0 Å². The number of allylic oxidation sites excluding steroid dienone is 1. The van der Waals surface area contributed by atoms with Crippen molar-refractivity contribution >= 4 is 11.1 Å². The van der Waals surface area contributed by atoms with Crippen LogP contribution in [0.2, 0.25) is 0 Å². The van der Waals surface area contributed by atoms with Crippen molar-refractivity contribution < 1.29 is 4.42 Å². The van der Waals surface area contributed by atoms with Crippen LogP contribution in [0, 0.1) is 6.92 Å². The first-order valence-electron chi connectivity index (χ1n) is 7.86. The number of fused-ring (bicyclic) bond motifs is 1. The Morgan fingerprint density at radius 1 is 1.17 bits per heavy atom. The molecule has 0 fully saturated rings. The molecular weight excluding hydrogens is 298 g/mol. The molecule has 4 heteroatoms. The fraction of sp³-hybridized carbons (Fsp3) is 0.100. The van der Waals surface area contributed by atoms with Gasteiger partial charge in [-0.05, 0) is 31.2 Å². The van der Waals surface area contributed by atoms with Gasteiger partial charge in [-0.3, -0.25) is 0 Å². The van der Waals surface area contributed by atoms with Gasteiger partial charge in [-0.25, -0.2) is 9.67 Å². The Morgan fingerprint density at radius 2 is 2.08 bits per heavy atom. The molecule has 0 aliphatic heterocycles. The van der Waals surface area contributed by atoms with E-state index in [1.165, 1.54) is 5.56 Å². The molecule has 0 aliphatic rings. The molecule has 0 unspecified atom stereocenters. The predicted molar refractivity (Wildman–Crippen MR) is 95.2 cm³/mol. The van der Waals surface area contributed by atoms with Crippen molar-refractivity contribution in [3.63, 3.8) is 0 Å². The summed E-state index contributed by atoms with van der Waals surface area (Å²) < 4.78 is 7.51. The van der Waals surface area contributed by atoms with Gasteiger partial charge in [-0.1, -0.05) is 29.8 Å². The number of furan rings is 1. The molecule has 4 rings (SSSR count). The molecule has 3 heterocycles. The number of nitrogens with zero attached hydrogens (tertiary/aromatic N) is 3. The van der Waals surface area contributed by atoms with Gasteiger partial charge in [0.1, 0.15) is 11.3 Å². The minimum absolute atomic E-state index is 0.699. The minimum atomic E-state index is 0.699. The summed E-state index contributed by atoms with van der Waals surface area (Å²) in [6, 6.07) is 16.1. The lowest BCUT2D eigenvalue weighted by Crippen LogP contribution is -1.97. The molecule has 0 atom stereocenters. The van der Waals surface area contributed by atoms with Gasteiger partial charge in [0, 0.05) is 24.2 Å². The fourth-order valence-electron chi connectivity index (χ4n) is 2.74. The molecule has 24 heavy (non-hydrogen) atoms. The minimum Gasteiger partial charge on any atom is -0.459 e. The molecule has 0 bridgehead atoms. The summed E-state index contributed by atoms with van der Waals surface area (Å²) in [5, 5.41) is 4.65. The molecule has 0 N–H and O–H groups in total. The highest BCUT2D eigenvalue weighted by molar-refractivity contribution is 5.74. The smallest absolute Gasteiger partial charge is 0.154 e. The van der Waals surface area contributed by atoms with E-state index >= 15 is 0 Å². The third-order valence-electron chi connectivity index (χ3n) is 3.89. The lowest BCUT2D eigenvalue weighted by atomic mass is 10.1. The van der Waals surface area contributed by atoms with E-state index < -0.39 is 0 Å². The van der Waals surface area contributed by atoms with E-state index in [1.807, 2.05) is 42.6 Å². The van der Waals surface area contributed by atoms with E-state index in [0.29, 0.717) is 6.42 Å². The number of pyridine rings is 1. The van der Waals surface area contributed by atoms with Gasteiger partial charge in [-0.2, -0.15) is 5.10 Å². The molecular formula is C20H17N3O. The molecule has 0 amide bonds. The summed E-state index contributed by atoms with van der Waals surface area (Å²) in [5.41, 5.74) is 4.86. The summed E-state index contributed by atoms with van der Waals surface area (Å²) in [6.07, 6.45) is 4.45. The highest BCUT2D eigenvalue weighted by Gasteiger charge is 2.08. The molecule has 0 spiro atoms. The first kappa shape index (κ1) is 14.5. The molecule has 0 aliphatic carbocycles. The first-order valence-corrected chi connectivity index (χ1v) is 7.86. The van der Waals surface area contributed by atoms with Crippen molar-refractivity contribution in [2.45, 2.75) is 13.3 Å². The Morgan fingerprint density at radius 3 is 2.92 bits per heavy atom. The second-order valence-electron chi connectivity index (χ2n) is 5.77. The Bertz CT molecular complexity index is 1030. The van der Waals surface area contributed by atoms with Crippen LogP contribution in [0.5, 0.6) is 0 Å². The van der Waals surface area contributed by atoms with Crippen LogP contribution in [-0.2, 0) is 6.42 Å². The van der Waals surface area contributed by atoms with Crippen LogP contribution in [0.25, 0.3) is 28.2 Å². The van der Waals surface area contributed by atoms with Crippen LogP contribution in [0.3, 0.4) is 0 Å². The number of rotatable bonds is 4. The van der Waals surface area contributed by atoms with E-state index in [4.69, 9.17) is 4.42 Å². The Labute approximate surface area is 140 Å². The molecule has 3 aromatic heterocycles. The molecule has 0 saturated carbocycles. The number of aryl methyl sites for hydroxylation is 1. The lowest BCUT2D eigenvalue weighted by Gasteiger charge is -2.01. The summed E-state index contributed by atoms with van der Waals surface area (Å²) in [4.78, 5) is 4.65. The molecule has 1 aromatic carbocycles. The third kappa shape index (κ3) is 2.63. The average Bonchev–Trinajstić information content (AvgIpc) is 3.21. The normalized spacial score (nSPS) is 11.0. The van der Waals surface area contributed by atoms with Gasteiger partial charge in [0.15, 0.2) is 11.4 Å². The van der Waals surface area contributed by atoms with E-state index in [-0.39, 0.29) is 0 Å². The van der Waals surface area contributed by atoms with Crippen molar-refractivity contribution in [2.75, 3.05) is 0 Å². The highest BCUT2D eigenvalue weighted by atomic mass is 16.3. The van der Waals surface area contributed by atoms with E-state index in [0.717, 1.165) is 33.9 Å². The second-order valence-corrected chi connectivity index (χ2v) is 5.77. The van der Waals surface area contributed by atoms with Crippen LogP contribution in [0.1, 0.15) is 11.3 Å². The first-order chi connectivity index (χ1) is 11.7. The van der Waals surface area contributed by atoms with Gasteiger partial charge >= 0.3 is 0 Å². The molecule has 4 aromatic rings. The maximum absolute atomic E-state index is 5.72. The van der Waals surface area contributed by atoms with E-state index in [1.54, 1.807) is 4.68 Å². The van der Waals surface area contributed by atoms with Crippen LogP contribution in [0.15, 0.2) is 71.8 Å².